The highest BCUT2D eigenvalue weighted by Gasteiger charge is 2.31. The first-order valence-corrected chi connectivity index (χ1v) is 12.7. The Bertz CT molecular complexity index is 1350. The van der Waals surface area contributed by atoms with Crippen LogP contribution in [0.4, 0.5) is 13.2 Å². The Morgan fingerprint density at radius 2 is 1.74 bits per heavy atom. The summed E-state index contributed by atoms with van der Waals surface area (Å²) in [7, 11) is 6.52. The van der Waals surface area contributed by atoms with Gasteiger partial charge >= 0.3 is 6.36 Å². The zero-order valence-electron chi connectivity index (χ0n) is 21.9. The maximum atomic E-state index is 13.1. The third-order valence-corrected chi connectivity index (χ3v) is 6.22. The van der Waals surface area contributed by atoms with Gasteiger partial charge < -0.3 is 29.0 Å². The Labute approximate surface area is 227 Å². The molecule has 13 heteroatoms. The van der Waals surface area contributed by atoms with E-state index in [-0.39, 0.29) is 23.8 Å². The molecule has 0 aliphatic rings. The predicted octanol–water partition coefficient (Wildman–Crippen LogP) is 3.94. The summed E-state index contributed by atoms with van der Waals surface area (Å²) < 4.78 is 54.0. The topological polar surface area (TPSA) is 94.4 Å². The SMILES string of the molecule is COc1ccc(C(=O)N=c2scc(-c3ccc(OC(F)(F)F)cc3)n2CCCNC(=O)CN(C)C)c(OC)c1. The van der Waals surface area contributed by atoms with Gasteiger partial charge in [0, 0.05) is 24.5 Å². The lowest BCUT2D eigenvalue weighted by Crippen LogP contribution is -2.34. The van der Waals surface area contributed by atoms with Gasteiger partial charge in [-0.15, -0.1) is 24.5 Å². The third kappa shape index (κ3) is 8.58. The maximum absolute atomic E-state index is 13.1. The van der Waals surface area contributed by atoms with Crippen LogP contribution in [0.1, 0.15) is 16.8 Å². The van der Waals surface area contributed by atoms with Gasteiger partial charge in [0.05, 0.1) is 32.0 Å². The normalized spacial score (nSPS) is 11.9. The molecule has 1 heterocycles. The van der Waals surface area contributed by atoms with Crippen LogP contribution in [0.2, 0.25) is 0 Å². The number of hydrogen-bond acceptors (Lipinski definition) is 7. The van der Waals surface area contributed by atoms with Gasteiger partial charge in [0.1, 0.15) is 17.2 Å². The highest BCUT2D eigenvalue weighted by atomic mass is 32.1. The number of rotatable bonds is 11. The van der Waals surface area contributed by atoms with Crippen LogP contribution in [0.15, 0.2) is 52.8 Å². The van der Waals surface area contributed by atoms with Crippen LogP contribution in [0, 0.1) is 0 Å². The molecule has 2 aromatic carbocycles. The van der Waals surface area contributed by atoms with Gasteiger partial charge in [-0.1, -0.05) is 0 Å². The summed E-state index contributed by atoms with van der Waals surface area (Å²) in [6.07, 6.45) is -4.28. The largest absolute Gasteiger partial charge is 0.573 e. The van der Waals surface area contributed by atoms with Crippen LogP contribution >= 0.6 is 11.3 Å². The van der Waals surface area contributed by atoms with E-state index in [9.17, 15) is 22.8 Å². The van der Waals surface area contributed by atoms with Crippen molar-refractivity contribution in [2.45, 2.75) is 19.3 Å². The second-order valence-electron chi connectivity index (χ2n) is 8.55. The molecular formula is C26H29F3N4O5S. The van der Waals surface area contributed by atoms with Crippen molar-refractivity contribution >= 4 is 23.2 Å². The molecule has 39 heavy (non-hydrogen) atoms. The van der Waals surface area contributed by atoms with Crippen molar-refractivity contribution in [3.8, 4) is 28.5 Å². The van der Waals surface area contributed by atoms with E-state index in [0.29, 0.717) is 47.1 Å². The first-order chi connectivity index (χ1) is 18.5. The zero-order valence-corrected chi connectivity index (χ0v) is 22.7. The number of likely N-dealkylation sites (N-methyl/N-ethyl adjacent to an activating group) is 1. The summed E-state index contributed by atoms with van der Waals surface area (Å²) >= 11 is 1.21. The number of amides is 2. The van der Waals surface area contributed by atoms with Gasteiger partial charge in [-0.3, -0.25) is 9.59 Å². The monoisotopic (exact) mass is 566 g/mol. The number of nitrogens with zero attached hydrogens (tertiary/aromatic N) is 3. The smallest absolute Gasteiger partial charge is 0.497 e. The van der Waals surface area contributed by atoms with E-state index in [4.69, 9.17) is 9.47 Å². The standard InChI is InChI=1S/C26H29F3N4O5S/c1-32(2)15-23(34)30-12-5-13-33-21(17-6-8-18(9-7-17)38-26(27,28)29)16-39-25(33)31-24(35)20-11-10-19(36-3)14-22(20)37-4/h6-11,14,16H,5,12-13,15H2,1-4H3,(H,30,34). The summed E-state index contributed by atoms with van der Waals surface area (Å²) in [5.41, 5.74) is 1.49. The number of methoxy groups -OCH3 is 2. The summed E-state index contributed by atoms with van der Waals surface area (Å²) in [6, 6.07) is 10.2. The molecule has 1 aromatic heterocycles. The van der Waals surface area contributed by atoms with Crippen molar-refractivity contribution in [1.82, 2.24) is 14.8 Å². The van der Waals surface area contributed by atoms with Crippen molar-refractivity contribution in [2.75, 3.05) is 41.4 Å². The molecule has 0 saturated heterocycles. The zero-order chi connectivity index (χ0) is 28.6. The fraction of sp³-hybridized carbons (Fsp3) is 0.346. The van der Waals surface area contributed by atoms with E-state index >= 15 is 0 Å². The highest BCUT2D eigenvalue weighted by Crippen LogP contribution is 2.28. The number of alkyl halides is 3. The molecule has 0 aliphatic carbocycles. The van der Waals surface area contributed by atoms with Crippen molar-refractivity contribution in [2.24, 2.45) is 4.99 Å². The van der Waals surface area contributed by atoms with Gasteiger partial charge in [0.2, 0.25) is 5.91 Å². The number of ether oxygens (including phenoxy) is 3. The number of benzene rings is 2. The van der Waals surface area contributed by atoms with Crippen LogP contribution in [0.25, 0.3) is 11.3 Å². The molecule has 0 saturated carbocycles. The molecular weight excluding hydrogens is 537 g/mol. The van der Waals surface area contributed by atoms with E-state index in [1.807, 2.05) is 0 Å². The Hall–Kier alpha value is -3.84. The summed E-state index contributed by atoms with van der Waals surface area (Å²) in [4.78, 5) is 31.5. The second kappa shape index (κ2) is 13.3. The lowest BCUT2D eigenvalue weighted by molar-refractivity contribution is -0.274. The average molecular weight is 567 g/mol. The van der Waals surface area contributed by atoms with E-state index in [2.05, 4.69) is 15.0 Å². The number of carbonyl (C=O) groups is 2. The van der Waals surface area contributed by atoms with Crippen LogP contribution in [0.5, 0.6) is 17.2 Å². The van der Waals surface area contributed by atoms with Gasteiger partial charge in [0.15, 0.2) is 4.80 Å². The molecule has 0 fully saturated rings. The number of halogens is 3. The van der Waals surface area contributed by atoms with Crippen LogP contribution in [0.3, 0.4) is 0 Å². The Morgan fingerprint density at radius 1 is 1.05 bits per heavy atom. The van der Waals surface area contributed by atoms with Crippen molar-refractivity contribution in [3.63, 3.8) is 0 Å². The Balaban J connectivity index is 1.92. The molecule has 1 N–H and O–H groups in total. The number of hydrogen-bond donors (Lipinski definition) is 1. The summed E-state index contributed by atoms with van der Waals surface area (Å²) in [6.45, 7) is 1.02. The van der Waals surface area contributed by atoms with Gasteiger partial charge in [-0.25, -0.2) is 0 Å². The molecule has 0 unspecified atom stereocenters. The minimum absolute atomic E-state index is 0.123. The maximum Gasteiger partial charge on any atom is 0.573 e. The number of carbonyl (C=O) groups excluding carboxylic acids is 2. The fourth-order valence-corrected chi connectivity index (χ4v) is 4.56. The number of thiazole rings is 1. The highest BCUT2D eigenvalue weighted by molar-refractivity contribution is 7.07. The Kier molecular flexibility index (Phi) is 10.1. The lowest BCUT2D eigenvalue weighted by atomic mass is 10.1. The molecule has 0 bridgehead atoms. The second-order valence-corrected chi connectivity index (χ2v) is 9.39. The molecule has 210 valence electrons. The van der Waals surface area contributed by atoms with Gasteiger partial charge in [-0.05, 0) is 62.5 Å². The first-order valence-electron chi connectivity index (χ1n) is 11.8. The minimum atomic E-state index is -4.80. The van der Waals surface area contributed by atoms with Crippen LogP contribution in [-0.2, 0) is 11.3 Å². The molecule has 3 rings (SSSR count). The molecule has 0 spiro atoms. The fourth-order valence-electron chi connectivity index (χ4n) is 3.62. The van der Waals surface area contributed by atoms with E-state index in [1.54, 1.807) is 47.1 Å². The van der Waals surface area contributed by atoms with E-state index in [1.165, 1.54) is 49.8 Å². The van der Waals surface area contributed by atoms with Crippen molar-refractivity contribution in [1.29, 1.82) is 0 Å². The van der Waals surface area contributed by atoms with Crippen molar-refractivity contribution < 1.29 is 37.0 Å². The van der Waals surface area contributed by atoms with Gasteiger partial charge in [0.25, 0.3) is 5.91 Å². The quantitative estimate of drug-likeness (QED) is 0.354. The first kappa shape index (κ1) is 29.7. The van der Waals surface area contributed by atoms with Crippen LogP contribution in [-0.4, -0.2) is 69.0 Å². The molecule has 3 aromatic rings. The third-order valence-electron chi connectivity index (χ3n) is 5.36. The lowest BCUT2D eigenvalue weighted by Gasteiger charge is -2.13. The predicted molar refractivity (Wildman–Crippen MR) is 140 cm³/mol. The summed E-state index contributed by atoms with van der Waals surface area (Å²) in [5.74, 6) is -0.183. The summed E-state index contributed by atoms with van der Waals surface area (Å²) in [5, 5.41) is 4.60. The minimum Gasteiger partial charge on any atom is -0.497 e. The average Bonchev–Trinajstić information content (AvgIpc) is 3.27. The Morgan fingerprint density at radius 3 is 2.36 bits per heavy atom. The molecule has 0 radical (unpaired) electrons. The van der Waals surface area contributed by atoms with Crippen LogP contribution < -0.4 is 24.3 Å². The molecule has 9 nitrogen and oxygen atoms in total. The number of aromatic nitrogens is 1. The molecule has 0 atom stereocenters. The molecule has 0 aliphatic heterocycles. The molecule has 2 amide bonds. The van der Waals surface area contributed by atoms with E-state index in [0.717, 1.165) is 0 Å². The van der Waals surface area contributed by atoms with Gasteiger partial charge in [-0.2, -0.15) is 4.99 Å². The van der Waals surface area contributed by atoms with Crippen molar-refractivity contribution in [3.05, 3.63) is 58.2 Å². The number of nitrogens with one attached hydrogen (secondary N) is 1. The van der Waals surface area contributed by atoms with E-state index < -0.39 is 12.3 Å².